The Morgan fingerprint density at radius 2 is 2.12 bits per heavy atom. The summed E-state index contributed by atoms with van der Waals surface area (Å²) in [6.45, 7) is 0. The number of aromatic amines is 1. The summed E-state index contributed by atoms with van der Waals surface area (Å²) in [5, 5.41) is 15.5. The fourth-order valence-corrected chi connectivity index (χ4v) is 2.29. The molecule has 0 amide bonds. The highest BCUT2D eigenvalue weighted by molar-refractivity contribution is 5.90. The van der Waals surface area contributed by atoms with Gasteiger partial charge in [-0.3, -0.25) is 5.10 Å². The van der Waals surface area contributed by atoms with Crippen LogP contribution in [-0.2, 0) is 12.8 Å². The standard InChI is InChI=1S/C12H9FN2O2/c13-9-3-1-2-7-6(9)4-5-8-10(7)14-15-11(8)12(16)17/h1-3H,4-5H2,(H,14,15)(H,16,17). The van der Waals surface area contributed by atoms with Gasteiger partial charge in [-0.1, -0.05) is 12.1 Å². The van der Waals surface area contributed by atoms with Crippen molar-refractivity contribution in [1.82, 2.24) is 10.2 Å². The Balaban J connectivity index is 2.25. The van der Waals surface area contributed by atoms with E-state index >= 15 is 0 Å². The molecule has 0 spiro atoms. The number of rotatable bonds is 1. The molecule has 5 heteroatoms. The van der Waals surface area contributed by atoms with Gasteiger partial charge in [-0.2, -0.15) is 5.10 Å². The summed E-state index contributed by atoms with van der Waals surface area (Å²) in [7, 11) is 0. The van der Waals surface area contributed by atoms with E-state index in [1.807, 2.05) is 0 Å². The van der Waals surface area contributed by atoms with Gasteiger partial charge in [-0.05, 0) is 24.5 Å². The lowest BCUT2D eigenvalue weighted by molar-refractivity contribution is 0.0689. The number of carboxylic acid groups (broad SMARTS) is 1. The van der Waals surface area contributed by atoms with Crippen molar-refractivity contribution in [1.29, 1.82) is 0 Å². The van der Waals surface area contributed by atoms with Gasteiger partial charge in [0.2, 0.25) is 0 Å². The second-order valence-electron chi connectivity index (χ2n) is 4.00. The summed E-state index contributed by atoms with van der Waals surface area (Å²) in [5.41, 5.74) is 2.63. The van der Waals surface area contributed by atoms with Crippen LogP contribution in [0.25, 0.3) is 11.3 Å². The largest absolute Gasteiger partial charge is 0.477 e. The van der Waals surface area contributed by atoms with Crippen molar-refractivity contribution in [2.24, 2.45) is 0 Å². The molecule has 86 valence electrons. The van der Waals surface area contributed by atoms with Gasteiger partial charge in [0.1, 0.15) is 11.5 Å². The molecule has 0 radical (unpaired) electrons. The summed E-state index contributed by atoms with van der Waals surface area (Å²) < 4.78 is 13.6. The quantitative estimate of drug-likeness (QED) is 0.790. The molecule has 0 saturated carbocycles. The summed E-state index contributed by atoms with van der Waals surface area (Å²) >= 11 is 0. The first-order valence-electron chi connectivity index (χ1n) is 5.27. The molecule has 0 saturated heterocycles. The van der Waals surface area contributed by atoms with E-state index in [1.54, 1.807) is 12.1 Å². The number of benzene rings is 1. The number of H-pyrrole nitrogens is 1. The Morgan fingerprint density at radius 3 is 2.88 bits per heavy atom. The first-order chi connectivity index (χ1) is 8.18. The van der Waals surface area contributed by atoms with Gasteiger partial charge < -0.3 is 5.11 Å². The smallest absolute Gasteiger partial charge is 0.354 e. The molecular formula is C12H9FN2O2. The zero-order valence-corrected chi connectivity index (χ0v) is 8.83. The van der Waals surface area contributed by atoms with Crippen molar-refractivity contribution in [3.8, 4) is 11.3 Å². The molecule has 17 heavy (non-hydrogen) atoms. The topological polar surface area (TPSA) is 66.0 Å². The van der Waals surface area contributed by atoms with E-state index in [2.05, 4.69) is 10.2 Å². The lowest BCUT2D eigenvalue weighted by atomic mass is 9.89. The summed E-state index contributed by atoms with van der Waals surface area (Å²) in [6.07, 6.45) is 1.01. The van der Waals surface area contributed by atoms with Crippen molar-refractivity contribution in [2.45, 2.75) is 12.8 Å². The number of aromatic nitrogens is 2. The van der Waals surface area contributed by atoms with Gasteiger partial charge in [0.15, 0.2) is 0 Å². The molecule has 0 aliphatic heterocycles. The molecule has 3 rings (SSSR count). The monoisotopic (exact) mass is 232 g/mol. The van der Waals surface area contributed by atoms with Gasteiger partial charge in [0.25, 0.3) is 0 Å². The predicted molar refractivity (Wildman–Crippen MR) is 58.3 cm³/mol. The number of hydrogen-bond donors (Lipinski definition) is 2. The van der Waals surface area contributed by atoms with Crippen molar-refractivity contribution >= 4 is 5.97 Å². The Morgan fingerprint density at radius 1 is 1.35 bits per heavy atom. The zero-order valence-electron chi connectivity index (χ0n) is 8.83. The van der Waals surface area contributed by atoms with Crippen molar-refractivity contribution in [2.75, 3.05) is 0 Å². The van der Waals surface area contributed by atoms with Gasteiger partial charge in [-0.25, -0.2) is 9.18 Å². The third-order valence-corrected chi connectivity index (χ3v) is 3.08. The average Bonchev–Trinajstić information content (AvgIpc) is 2.73. The fraction of sp³-hybridized carbons (Fsp3) is 0.167. The Bertz CT molecular complexity index is 619. The molecule has 1 heterocycles. The highest BCUT2D eigenvalue weighted by Gasteiger charge is 2.26. The van der Waals surface area contributed by atoms with E-state index in [4.69, 9.17) is 5.11 Å². The molecule has 4 nitrogen and oxygen atoms in total. The Kier molecular flexibility index (Phi) is 2.01. The molecule has 0 unspecified atom stereocenters. The van der Waals surface area contributed by atoms with Crippen LogP contribution in [0, 0.1) is 5.82 Å². The molecule has 0 fully saturated rings. The maximum Gasteiger partial charge on any atom is 0.354 e. The minimum absolute atomic E-state index is 0.106. The average molecular weight is 232 g/mol. The van der Waals surface area contributed by atoms with E-state index in [-0.39, 0.29) is 11.5 Å². The summed E-state index contributed by atoms with van der Waals surface area (Å²) in [6, 6.07) is 4.79. The lowest BCUT2D eigenvalue weighted by Crippen LogP contribution is -2.08. The third-order valence-electron chi connectivity index (χ3n) is 3.08. The van der Waals surface area contributed by atoms with Gasteiger partial charge >= 0.3 is 5.97 Å². The second kappa shape index (κ2) is 3.41. The second-order valence-corrected chi connectivity index (χ2v) is 4.00. The van der Waals surface area contributed by atoms with E-state index in [1.165, 1.54) is 6.07 Å². The molecule has 1 aliphatic carbocycles. The number of carboxylic acids is 1. The van der Waals surface area contributed by atoms with Crippen LogP contribution in [0.15, 0.2) is 18.2 Å². The highest BCUT2D eigenvalue weighted by atomic mass is 19.1. The molecule has 2 N–H and O–H groups in total. The predicted octanol–water partition coefficient (Wildman–Crippen LogP) is 2.01. The van der Waals surface area contributed by atoms with Crippen LogP contribution < -0.4 is 0 Å². The van der Waals surface area contributed by atoms with Gasteiger partial charge in [0.05, 0.1) is 5.69 Å². The summed E-state index contributed by atoms with van der Waals surface area (Å²) in [4.78, 5) is 11.0. The van der Waals surface area contributed by atoms with Crippen molar-refractivity contribution < 1.29 is 14.3 Å². The highest BCUT2D eigenvalue weighted by Crippen LogP contribution is 2.34. The van der Waals surface area contributed by atoms with Crippen LogP contribution in [0.5, 0.6) is 0 Å². The number of halogens is 1. The SMILES string of the molecule is O=C(O)c1[nH]nc2c1CCc1c(F)cccc1-2. The molecular weight excluding hydrogens is 223 g/mol. The van der Waals surface area contributed by atoms with Crippen molar-refractivity contribution in [3.05, 3.63) is 40.8 Å². The zero-order chi connectivity index (χ0) is 12.0. The van der Waals surface area contributed by atoms with Gasteiger partial charge in [0, 0.05) is 11.1 Å². The first-order valence-corrected chi connectivity index (χ1v) is 5.27. The maximum absolute atomic E-state index is 13.6. The van der Waals surface area contributed by atoms with Crippen LogP contribution in [0.4, 0.5) is 4.39 Å². The number of carbonyl (C=O) groups is 1. The summed E-state index contributed by atoms with van der Waals surface area (Å²) in [5.74, 6) is -1.29. The van der Waals surface area contributed by atoms with Crippen LogP contribution in [0.3, 0.4) is 0 Å². The van der Waals surface area contributed by atoms with E-state index < -0.39 is 5.97 Å². The Labute approximate surface area is 96.1 Å². The lowest BCUT2D eigenvalue weighted by Gasteiger charge is -2.15. The maximum atomic E-state index is 13.6. The van der Waals surface area contributed by atoms with E-state index in [0.717, 1.165) is 0 Å². The first kappa shape index (κ1) is 10.0. The number of hydrogen-bond acceptors (Lipinski definition) is 2. The molecule has 1 aromatic heterocycles. The number of aromatic carboxylic acids is 1. The number of nitrogens with zero attached hydrogens (tertiary/aromatic N) is 1. The third kappa shape index (κ3) is 1.35. The van der Waals surface area contributed by atoms with Crippen LogP contribution >= 0.6 is 0 Å². The number of fused-ring (bicyclic) bond motifs is 3. The molecule has 0 bridgehead atoms. The number of nitrogens with one attached hydrogen (secondary N) is 1. The Hall–Kier alpha value is -2.17. The normalized spacial score (nSPS) is 13.0. The molecule has 0 atom stereocenters. The minimum atomic E-state index is -1.03. The molecule has 2 aromatic rings. The van der Waals surface area contributed by atoms with Gasteiger partial charge in [-0.15, -0.1) is 0 Å². The van der Waals surface area contributed by atoms with Crippen LogP contribution in [0.1, 0.15) is 21.6 Å². The minimum Gasteiger partial charge on any atom is -0.477 e. The molecule has 1 aliphatic rings. The van der Waals surface area contributed by atoms with E-state index in [9.17, 15) is 9.18 Å². The van der Waals surface area contributed by atoms with E-state index in [0.29, 0.717) is 35.2 Å². The van der Waals surface area contributed by atoms with Crippen LogP contribution in [-0.4, -0.2) is 21.3 Å². The molecule has 1 aromatic carbocycles. The van der Waals surface area contributed by atoms with Crippen molar-refractivity contribution in [3.63, 3.8) is 0 Å². The fourth-order valence-electron chi connectivity index (χ4n) is 2.29. The van der Waals surface area contributed by atoms with Crippen LogP contribution in [0.2, 0.25) is 0 Å².